The largest absolute Gasteiger partial charge is 0.371 e. The molecule has 1 atom stereocenters. The fraction of sp³-hybridized carbons (Fsp3) is 0.462. The maximum Gasteiger partial charge on any atom is 0.192 e. The average molecular weight is 222 g/mol. The number of benzene rings is 1. The summed E-state index contributed by atoms with van der Waals surface area (Å²) in [7, 11) is 0. The fourth-order valence-electron chi connectivity index (χ4n) is 1.55. The van der Waals surface area contributed by atoms with Crippen LogP contribution in [0.1, 0.15) is 31.1 Å². The van der Waals surface area contributed by atoms with E-state index in [9.17, 15) is 4.79 Å². The topological polar surface area (TPSA) is 46.5 Å². The van der Waals surface area contributed by atoms with Gasteiger partial charge in [-0.15, -0.1) is 0 Å². The van der Waals surface area contributed by atoms with Gasteiger partial charge in [0.25, 0.3) is 0 Å². The summed E-state index contributed by atoms with van der Waals surface area (Å²) in [5, 5.41) is 8.82. The Hall–Kier alpha value is -1.19. The molecule has 1 aromatic carbocycles. The van der Waals surface area contributed by atoms with Gasteiger partial charge < -0.3 is 9.84 Å². The Labute approximate surface area is 96.1 Å². The summed E-state index contributed by atoms with van der Waals surface area (Å²) in [6.45, 7) is 5.29. The molecular weight excluding hydrogens is 204 g/mol. The number of hydrogen-bond donors (Lipinski definition) is 1. The van der Waals surface area contributed by atoms with E-state index >= 15 is 0 Å². The smallest absolute Gasteiger partial charge is 0.192 e. The molecule has 0 aliphatic rings. The van der Waals surface area contributed by atoms with Gasteiger partial charge >= 0.3 is 0 Å². The first kappa shape index (κ1) is 12.9. The van der Waals surface area contributed by atoms with Gasteiger partial charge in [-0.05, 0) is 5.41 Å². The summed E-state index contributed by atoms with van der Waals surface area (Å²) in [6.07, 6.45) is -0.625. The van der Waals surface area contributed by atoms with E-state index in [4.69, 9.17) is 9.84 Å². The summed E-state index contributed by atoms with van der Waals surface area (Å²) in [4.78, 5) is 12.1. The minimum absolute atomic E-state index is 0.0952. The minimum atomic E-state index is -0.625. The Bertz CT molecular complexity index is 338. The van der Waals surface area contributed by atoms with E-state index in [-0.39, 0.29) is 11.2 Å². The van der Waals surface area contributed by atoms with Crippen LogP contribution in [0.3, 0.4) is 0 Å². The number of ketones is 1. The molecule has 0 radical (unpaired) electrons. The molecule has 16 heavy (non-hydrogen) atoms. The van der Waals surface area contributed by atoms with Crippen molar-refractivity contribution in [3.8, 4) is 0 Å². The molecule has 0 heterocycles. The summed E-state index contributed by atoms with van der Waals surface area (Å²) in [5.74, 6) is -0.0952. The van der Waals surface area contributed by atoms with Crippen LogP contribution in [0.25, 0.3) is 0 Å². The lowest BCUT2D eigenvalue weighted by Crippen LogP contribution is -2.37. The normalized spacial score (nSPS) is 13.5. The fourth-order valence-corrected chi connectivity index (χ4v) is 1.55. The molecule has 88 valence electrons. The zero-order chi connectivity index (χ0) is 12.2. The third-order valence-electron chi connectivity index (χ3n) is 2.32. The second kappa shape index (κ2) is 5.23. The number of carbonyl (C=O) groups is 1. The van der Waals surface area contributed by atoms with Gasteiger partial charge in [-0.25, -0.2) is 0 Å². The van der Waals surface area contributed by atoms with Crippen molar-refractivity contribution < 1.29 is 14.6 Å². The van der Waals surface area contributed by atoms with Gasteiger partial charge in [0.1, 0.15) is 12.9 Å². The molecule has 3 heteroatoms. The third kappa shape index (κ3) is 3.15. The van der Waals surface area contributed by atoms with E-state index < -0.39 is 12.9 Å². The quantitative estimate of drug-likeness (QED) is 0.628. The number of aliphatic hydroxyl groups is 1. The highest BCUT2D eigenvalue weighted by Gasteiger charge is 2.32. The molecule has 0 aliphatic carbocycles. The SMILES string of the molecule is CC(C)(C)C(OCO)C(=O)c1ccccc1. The molecule has 0 aliphatic heterocycles. The van der Waals surface area contributed by atoms with Crippen molar-refractivity contribution >= 4 is 5.78 Å². The minimum Gasteiger partial charge on any atom is -0.371 e. The number of ether oxygens (including phenoxy) is 1. The standard InChI is InChI=1S/C13H18O3/c1-13(2,3)12(16-9-14)11(15)10-7-5-4-6-8-10/h4-8,12,14H,9H2,1-3H3. The van der Waals surface area contributed by atoms with Gasteiger partial charge in [0.15, 0.2) is 5.78 Å². The van der Waals surface area contributed by atoms with Gasteiger partial charge in [0.05, 0.1) is 0 Å². The Morgan fingerprint density at radius 3 is 2.31 bits per heavy atom. The molecule has 1 unspecified atom stereocenters. The summed E-state index contributed by atoms with van der Waals surface area (Å²) >= 11 is 0. The monoisotopic (exact) mass is 222 g/mol. The zero-order valence-electron chi connectivity index (χ0n) is 9.93. The molecule has 0 amide bonds. The van der Waals surface area contributed by atoms with Crippen LogP contribution in [-0.2, 0) is 4.74 Å². The number of carbonyl (C=O) groups excluding carboxylic acids is 1. The van der Waals surface area contributed by atoms with E-state index in [1.54, 1.807) is 12.1 Å². The van der Waals surface area contributed by atoms with E-state index in [0.29, 0.717) is 5.56 Å². The highest BCUT2D eigenvalue weighted by Crippen LogP contribution is 2.25. The lowest BCUT2D eigenvalue weighted by molar-refractivity contribution is -0.0737. The number of aliphatic hydroxyl groups excluding tert-OH is 1. The van der Waals surface area contributed by atoms with Crippen molar-refractivity contribution in [2.24, 2.45) is 5.41 Å². The highest BCUT2D eigenvalue weighted by molar-refractivity contribution is 5.99. The maximum atomic E-state index is 12.1. The number of hydrogen-bond acceptors (Lipinski definition) is 3. The van der Waals surface area contributed by atoms with Gasteiger partial charge in [-0.2, -0.15) is 0 Å². The van der Waals surface area contributed by atoms with Crippen LogP contribution < -0.4 is 0 Å². The molecule has 1 N–H and O–H groups in total. The third-order valence-corrected chi connectivity index (χ3v) is 2.32. The van der Waals surface area contributed by atoms with Gasteiger partial charge in [0, 0.05) is 5.56 Å². The van der Waals surface area contributed by atoms with Crippen LogP contribution in [0.4, 0.5) is 0 Å². The Balaban J connectivity index is 2.92. The molecule has 0 saturated heterocycles. The van der Waals surface area contributed by atoms with E-state index in [1.807, 2.05) is 39.0 Å². The van der Waals surface area contributed by atoms with Crippen molar-refractivity contribution in [3.05, 3.63) is 35.9 Å². The highest BCUT2D eigenvalue weighted by atomic mass is 16.6. The molecular formula is C13H18O3. The van der Waals surface area contributed by atoms with Crippen molar-refractivity contribution in [1.82, 2.24) is 0 Å². The molecule has 0 aromatic heterocycles. The number of Topliss-reactive ketones (excluding diaryl/α,β-unsaturated/α-hetero) is 1. The average Bonchev–Trinajstić information content (AvgIpc) is 2.25. The Morgan fingerprint density at radius 1 is 1.31 bits per heavy atom. The first-order valence-corrected chi connectivity index (χ1v) is 5.28. The van der Waals surface area contributed by atoms with Gasteiger partial charge in [0.2, 0.25) is 0 Å². The van der Waals surface area contributed by atoms with Crippen molar-refractivity contribution in [2.45, 2.75) is 26.9 Å². The van der Waals surface area contributed by atoms with Crippen LogP contribution in [0, 0.1) is 5.41 Å². The zero-order valence-corrected chi connectivity index (χ0v) is 9.93. The second-order valence-electron chi connectivity index (χ2n) is 4.77. The molecule has 0 saturated carbocycles. The van der Waals surface area contributed by atoms with Gasteiger partial charge in [-0.3, -0.25) is 4.79 Å². The lowest BCUT2D eigenvalue weighted by Gasteiger charge is -2.28. The predicted molar refractivity (Wildman–Crippen MR) is 62.2 cm³/mol. The van der Waals surface area contributed by atoms with Crippen molar-refractivity contribution in [1.29, 1.82) is 0 Å². The van der Waals surface area contributed by atoms with Crippen LogP contribution in [-0.4, -0.2) is 23.8 Å². The van der Waals surface area contributed by atoms with Crippen LogP contribution in [0.15, 0.2) is 30.3 Å². The molecule has 1 rings (SSSR count). The molecule has 1 aromatic rings. The molecule has 0 fully saturated rings. The van der Waals surface area contributed by atoms with Gasteiger partial charge in [-0.1, -0.05) is 51.1 Å². The molecule has 0 bridgehead atoms. The van der Waals surface area contributed by atoms with Crippen molar-refractivity contribution in [3.63, 3.8) is 0 Å². The van der Waals surface area contributed by atoms with Crippen LogP contribution in [0.2, 0.25) is 0 Å². The van der Waals surface area contributed by atoms with E-state index in [2.05, 4.69) is 0 Å². The Morgan fingerprint density at radius 2 is 1.88 bits per heavy atom. The summed E-state index contributed by atoms with van der Waals surface area (Å²) in [6, 6.07) is 8.98. The Kier molecular flexibility index (Phi) is 4.21. The second-order valence-corrected chi connectivity index (χ2v) is 4.77. The van der Waals surface area contributed by atoms with Crippen molar-refractivity contribution in [2.75, 3.05) is 6.79 Å². The summed E-state index contributed by atoms with van der Waals surface area (Å²) in [5.41, 5.74) is 0.270. The molecule has 0 spiro atoms. The maximum absolute atomic E-state index is 12.1. The first-order valence-electron chi connectivity index (χ1n) is 5.28. The first-order chi connectivity index (χ1) is 7.46. The number of rotatable bonds is 4. The van der Waals surface area contributed by atoms with E-state index in [0.717, 1.165) is 0 Å². The summed E-state index contributed by atoms with van der Waals surface area (Å²) < 4.78 is 5.13. The van der Waals surface area contributed by atoms with Crippen LogP contribution in [0.5, 0.6) is 0 Å². The predicted octanol–water partition coefficient (Wildman–Crippen LogP) is 2.25. The molecule has 3 nitrogen and oxygen atoms in total. The van der Waals surface area contributed by atoms with Crippen LogP contribution >= 0.6 is 0 Å². The van der Waals surface area contributed by atoms with E-state index in [1.165, 1.54) is 0 Å². The lowest BCUT2D eigenvalue weighted by atomic mass is 9.84.